The second-order valence-corrected chi connectivity index (χ2v) is 8.75. The Morgan fingerprint density at radius 2 is 1.77 bits per heavy atom. The van der Waals surface area contributed by atoms with Crippen molar-refractivity contribution in [3.8, 4) is 11.5 Å². The lowest BCUT2D eigenvalue weighted by Crippen LogP contribution is -2.27. The molecule has 6 heteroatoms. The van der Waals surface area contributed by atoms with Gasteiger partial charge in [0.15, 0.2) is 0 Å². The van der Waals surface area contributed by atoms with E-state index in [0.717, 1.165) is 33.2 Å². The summed E-state index contributed by atoms with van der Waals surface area (Å²) in [5.74, 6) is 1.06. The number of amides is 1. The van der Waals surface area contributed by atoms with Crippen LogP contribution in [-0.2, 0) is 13.1 Å². The van der Waals surface area contributed by atoms with Crippen LogP contribution in [-0.4, -0.2) is 31.4 Å². The fraction of sp³-hybridized carbons (Fsp3) is 0.200. The zero-order valence-corrected chi connectivity index (χ0v) is 18.7. The lowest BCUT2D eigenvalue weighted by atomic mass is 10.1. The number of aryl methyl sites for hydroxylation is 2. The minimum Gasteiger partial charge on any atom is -0.328 e. The van der Waals surface area contributed by atoms with Crippen molar-refractivity contribution in [3.63, 3.8) is 0 Å². The Kier molecular flexibility index (Phi) is 4.94. The minimum atomic E-state index is 0.0551. The van der Waals surface area contributed by atoms with Crippen molar-refractivity contribution in [1.29, 1.82) is 0 Å². The highest BCUT2D eigenvalue weighted by molar-refractivity contribution is 7.98. The lowest BCUT2D eigenvalue weighted by Gasteiger charge is -2.19. The van der Waals surface area contributed by atoms with Crippen LogP contribution < -0.4 is 0 Å². The van der Waals surface area contributed by atoms with Gasteiger partial charge in [0, 0.05) is 22.9 Å². The monoisotopic (exact) mass is 428 g/mol. The number of fused-ring (bicyclic) bond motifs is 1. The van der Waals surface area contributed by atoms with Gasteiger partial charge >= 0.3 is 0 Å². The topological polar surface area (TPSA) is 43.1 Å². The lowest BCUT2D eigenvalue weighted by molar-refractivity contribution is 0.0745. The van der Waals surface area contributed by atoms with E-state index >= 15 is 0 Å². The van der Waals surface area contributed by atoms with Crippen molar-refractivity contribution in [3.05, 3.63) is 94.9 Å². The Balaban J connectivity index is 1.56. The molecule has 31 heavy (non-hydrogen) atoms. The smallest absolute Gasteiger partial charge is 0.255 e. The summed E-state index contributed by atoms with van der Waals surface area (Å²) in [7, 11) is 0. The number of carbonyl (C=O) groups is 1. The highest BCUT2D eigenvalue weighted by Crippen LogP contribution is 2.33. The number of rotatable bonds is 4. The molecule has 3 heterocycles. The molecule has 2 aromatic heterocycles. The first-order valence-electron chi connectivity index (χ1n) is 10.3. The van der Waals surface area contributed by atoms with Crippen LogP contribution in [0.4, 0.5) is 0 Å². The maximum atomic E-state index is 13.3. The van der Waals surface area contributed by atoms with Crippen LogP contribution in [0.1, 0.15) is 32.7 Å². The molecule has 0 bridgehead atoms. The third-order valence-electron chi connectivity index (χ3n) is 5.78. The minimum absolute atomic E-state index is 0.0551. The first-order chi connectivity index (χ1) is 15.1. The predicted octanol–water partition coefficient (Wildman–Crippen LogP) is 5.16. The summed E-state index contributed by atoms with van der Waals surface area (Å²) in [6.07, 6.45) is 6.07. The van der Waals surface area contributed by atoms with Crippen molar-refractivity contribution in [2.45, 2.75) is 31.8 Å². The van der Waals surface area contributed by atoms with E-state index in [1.807, 2.05) is 64.6 Å². The fourth-order valence-corrected chi connectivity index (χ4v) is 4.88. The molecule has 5 rings (SSSR count). The van der Waals surface area contributed by atoms with Crippen molar-refractivity contribution in [1.82, 2.24) is 19.2 Å². The Hall–Kier alpha value is -3.25. The van der Waals surface area contributed by atoms with E-state index < -0.39 is 0 Å². The Morgan fingerprint density at radius 3 is 2.52 bits per heavy atom. The molecule has 4 aromatic rings. The number of nitrogens with zero attached hydrogens (tertiary/aromatic N) is 4. The van der Waals surface area contributed by atoms with Crippen molar-refractivity contribution >= 4 is 17.7 Å². The molecule has 0 unspecified atom stereocenters. The van der Waals surface area contributed by atoms with E-state index in [4.69, 9.17) is 5.10 Å². The van der Waals surface area contributed by atoms with E-state index in [-0.39, 0.29) is 5.91 Å². The van der Waals surface area contributed by atoms with Crippen molar-refractivity contribution < 1.29 is 4.79 Å². The first-order valence-corrected chi connectivity index (χ1v) is 11.5. The average molecular weight is 429 g/mol. The number of carbonyl (C=O) groups excluding carboxylic acids is 1. The second-order valence-electron chi connectivity index (χ2n) is 7.90. The Labute approximate surface area is 186 Å². The van der Waals surface area contributed by atoms with Gasteiger partial charge in [0.2, 0.25) is 0 Å². The van der Waals surface area contributed by atoms with Crippen LogP contribution in [0.5, 0.6) is 0 Å². The zero-order valence-electron chi connectivity index (χ0n) is 17.9. The number of benzene rings is 2. The van der Waals surface area contributed by atoms with E-state index in [9.17, 15) is 4.79 Å². The van der Waals surface area contributed by atoms with Crippen LogP contribution in [0, 0.1) is 13.8 Å². The second kappa shape index (κ2) is 7.78. The van der Waals surface area contributed by atoms with Gasteiger partial charge in [-0.1, -0.05) is 29.8 Å². The number of hydrogen-bond acceptors (Lipinski definition) is 3. The van der Waals surface area contributed by atoms with Crippen LogP contribution >= 0.6 is 11.8 Å². The SMILES string of the molecule is CSc1ccccc1C(=O)N1Cc2nn(-c3ccc(C)cc3C)c(-n3cccc3)c2C1. The molecule has 0 saturated carbocycles. The highest BCUT2D eigenvalue weighted by Gasteiger charge is 2.32. The van der Waals surface area contributed by atoms with Crippen LogP contribution in [0.3, 0.4) is 0 Å². The zero-order chi connectivity index (χ0) is 21.5. The predicted molar refractivity (Wildman–Crippen MR) is 124 cm³/mol. The quantitative estimate of drug-likeness (QED) is 0.422. The van der Waals surface area contributed by atoms with Gasteiger partial charge in [0.25, 0.3) is 5.91 Å². The number of aromatic nitrogens is 3. The molecule has 2 aromatic carbocycles. The first kappa shape index (κ1) is 19.7. The highest BCUT2D eigenvalue weighted by atomic mass is 32.2. The molecule has 0 fully saturated rings. The van der Waals surface area contributed by atoms with E-state index in [1.54, 1.807) is 11.8 Å². The van der Waals surface area contributed by atoms with E-state index in [1.165, 1.54) is 11.1 Å². The Morgan fingerprint density at radius 1 is 1.00 bits per heavy atom. The van der Waals surface area contributed by atoms with Gasteiger partial charge in [-0.15, -0.1) is 11.8 Å². The van der Waals surface area contributed by atoms with Crippen LogP contribution in [0.15, 0.2) is 71.9 Å². The summed E-state index contributed by atoms with van der Waals surface area (Å²) >= 11 is 1.60. The molecule has 1 aliphatic rings. The maximum absolute atomic E-state index is 13.3. The normalized spacial score (nSPS) is 12.9. The molecule has 1 aliphatic heterocycles. The summed E-state index contributed by atoms with van der Waals surface area (Å²) < 4.78 is 4.12. The van der Waals surface area contributed by atoms with Crippen molar-refractivity contribution in [2.24, 2.45) is 0 Å². The van der Waals surface area contributed by atoms with E-state index in [0.29, 0.717) is 13.1 Å². The van der Waals surface area contributed by atoms with Crippen LogP contribution in [0.25, 0.3) is 11.5 Å². The third-order valence-corrected chi connectivity index (χ3v) is 6.58. The van der Waals surface area contributed by atoms with Gasteiger partial charge in [-0.3, -0.25) is 4.79 Å². The molecule has 0 spiro atoms. The standard InChI is InChI=1S/C25H24N4OS/c1-17-10-11-22(18(2)14-17)29-24(27-12-6-7-13-27)20-15-28(16-21(20)26-29)25(30)19-8-4-5-9-23(19)31-3/h4-14H,15-16H2,1-3H3. The van der Waals surface area contributed by atoms with Gasteiger partial charge in [0.1, 0.15) is 5.82 Å². The molecule has 0 N–H and O–H groups in total. The number of hydrogen-bond donors (Lipinski definition) is 0. The average Bonchev–Trinajstić information content (AvgIpc) is 3.49. The molecule has 156 valence electrons. The summed E-state index contributed by atoms with van der Waals surface area (Å²) in [4.78, 5) is 16.2. The molecular weight excluding hydrogens is 404 g/mol. The maximum Gasteiger partial charge on any atom is 0.255 e. The summed E-state index contributed by atoms with van der Waals surface area (Å²) in [5, 5.41) is 4.97. The molecular formula is C25H24N4OS. The summed E-state index contributed by atoms with van der Waals surface area (Å²) in [5.41, 5.74) is 6.29. The largest absolute Gasteiger partial charge is 0.328 e. The summed E-state index contributed by atoms with van der Waals surface area (Å²) in [6, 6.07) is 18.2. The molecule has 0 radical (unpaired) electrons. The molecule has 5 nitrogen and oxygen atoms in total. The summed E-state index contributed by atoms with van der Waals surface area (Å²) in [6.45, 7) is 5.28. The molecule has 0 atom stereocenters. The third kappa shape index (κ3) is 3.37. The van der Waals surface area contributed by atoms with Gasteiger partial charge in [-0.25, -0.2) is 4.68 Å². The van der Waals surface area contributed by atoms with Gasteiger partial charge < -0.3 is 9.47 Å². The van der Waals surface area contributed by atoms with Gasteiger partial charge in [-0.2, -0.15) is 5.10 Å². The number of thioether (sulfide) groups is 1. The fourth-order valence-electron chi connectivity index (χ4n) is 4.29. The molecule has 1 amide bonds. The van der Waals surface area contributed by atoms with Gasteiger partial charge in [-0.05, 0) is 56.0 Å². The van der Waals surface area contributed by atoms with Crippen molar-refractivity contribution in [2.75, 3.05) is 6.26 Å². The molecule has 0 aliphatic carbocycles. The molecule has 0 saturated heterocycles. The van der Waals surface area contributed by atoms with Crippen LogP contribution in [0.2, 0.25) is 0 Å². The Bertz CT molecular complexity index is 1270. The van der Waals surface area contributed by atoms with E-state index in [2.05, 4.69) is 36.6 Å². The van der Waals surface area contributed by atoms with Gasteiger partial charge in [0.05, 0.1) is 30.0 Å².